The predicted molar refractivity (Wildman–Crippen MR) is 106 cm³/mol. The number of nitrogens with zero attached hydrogens (tertiary/aromatic N) is 2. The molecule has 0 heterocycles. The SMILES string of the molecule is NC(=S)N/N=[C](/[Fe]/[C](=N/NC(N)=S)c1ccccc1)c1ccccc1. The van der Waals surface area contributed by atoms with E-state index in [1.54, 1.807) is 0 Å². The van der Waals surface area contributed by atoms with Crippen LogP contribution < -0.4 is 22.3 Å². The molecule has 0 saturated heterocycles. The van der Waals surface area contributed by atoms with Crippen LogP contribution in [0.2, 0.25) is 0 Å². The van der Waals surface area contributed by atoms with Crippen molar-refractivity contribution in [2.45, 2.75) is 0 Å². The van der Waals surface area contributed by atoms with Gasteiger partial charge >= 0.3 is 163 Å². The Morgan fingerprint density at radius 2 is 1.08 bits per heavy atom. The molecule has 2 aromatic rings. The van der Waals surface area contributed by atoms with Crippen molar-refractivity contribution >= 4 is 43.9 Å². The van der Waals surface area contributed by atoms with Gasteiger partial charge in [0, 0.05) is 0 Å². The third kappa shape index (κ3) is 6.60. The first-order valence-corrected chi connectivity index (χ1v) is 8.98. The Bertz CT molecular complexity index is 725. The summed E-state index contributed by atoms with van der Waals surface area (Å²) in [6.07, 6.45) is 0. The fourth-order valence-electron chi connectivity index (χ4n) is 1.70. The fraction of sp³-hybridized carbons (Fsp3) is 0. The zero-order valence-electron chi connectivity index (χ0n) is 13.0. The number of nitrogens with two attached hydrogens (primary N) is 2. The molecule has 0 bridgehead atoms. The number of hydrazone groups is 2. The third-order valence-corrected chi connectivity index (χ3v) is 4.29. The molecule has 0 amide bonds. The normalized spacial score (nSPS) is 11.8. The first kappa shape index (κ1) is 19.0. The molecule has 6 nitrogen and oxygen atoms in total. The number of thiocarbonyl (C=S) groups is 2. The fourth-order valence-corrected chi connectivity index (χ4v) is 2.97. The van der Waals surface area contributed by atoms with E-state index >= 15 is 0 Å². The minimum absolute atomic E-state index is 0.0906. The second-order valence-electron chi connectivity index (χ2n) is 4.55. The molecule has 6 N–H and O–H groups in total. The summed E-state index contributed by atoms with van der Waals surface area (Å²) in [5.74, 6) is 0. The van der Waals surface area contributed by atoms with Crippen LogP contribution in [0.5, 0.6) is 0 Å². The molecule has 0 unspecified atom stereocenters. The van der Waals surface area contributed by atoms with Gasteiger partial charge in [-0.15, -0.1) is 0 Å². The Kier molecular flexibility index (Phi) is 7.49. The van der Waals surface area contributed by atoms with Gasteiger partial charge in [-0.25, -0.2) is 0 Å². The van der Waals surface area contributed by atoms with Crippen molar-refractivity contribution in [3.63, 3.8) is 0 Å². The van der Waals surface area contributed by atoms with E-state index in [0.29, 0.717) is 15.0 Å². The Morgan fingerprint density at radius 3 is 1.40 bits per heavy atom. The molecule has 130 valence electrons. The van der Waals surface area contributed by atoms with E-state index in [1.165, 1.54) is 0 Å². The zero-order valence-corrected chi connectivity index (χ0v) is 15.7. The van der Waals surface area contributed by atoms with E-state index in [-0.39, 0.29) is 10.2 Å². The van der Waals surface area contributed by atoms with Crippen LogP contribution in [-0.4, -0.2) is 19.4 Å². The summed E-state index contributed by atoms with van der Waals surface area (Å²) in [7, 11) is 0. The van der Waals surface area contributed by atoms with Gasteiger partial charge in [-0.3, -0.25) is 0 Å². The van der Waals surface area contributed by atoms with Gasteiger partial charge in [0.15, 0.2) is 0 Å². The molecular weight excluding hydrogens is 396 g/mol. The molecular formula is C16H16FeN6S2. The summed E-state index contributed by atoms with van der Waals surface area (Å²) in [6, 6.07) is 19.4. The van der Waals surface area contributed by atoms with E-state index < -0.39 is 0 Å². The van der Waals surface area contributed by atoms with Gasteiger partial charge in [0.25, 0.3) is 0 Å². The minimum atomic E-state index is 0.0906. The molecule has 0 aliphatic carbocycles. The van der Waals surface area contributed by atoms with Gasteiger partial charge in [-0.1, -0.05) is 0 Å². The molecule has 0 aliphatic heterocycles. The van der Waals surface area contributed by atoms with E-state index in [1.807, 2.05) is 60.7 Å². The summed E-state index contributed by atoms with van der Waals surface area (Å²) in [5, 5.41) is 8.81. The summed E-state index contributed by atoms with van der Waals surface area (Å²) in [4.78, 5) is 0. The average Bonchev–Trinajstić information content (AvgIpc) is 2.62. The molecule has 0 fully saturated rings. The van der Waals surface area contributed by atoms with Crippen molar-refractivity contribution in [1.82, 2.24) is 10.9 Å². The number of nitrogens with one attached hydrogen (secondary N) is 2. The summed E-state index contributed by atoms with van der Waals surface area (Å²) >= 11 is 10.1. The van der Waals surface area contributed by atoms with Crippen LogP contribution in [0.15, 0.2) is 70.9 Å². The summed E-state index contributed by atoms with van der Waals surface area (Å²) < 4.78 is 1.45. The predicted octanol–water partition coefficient (Wildman–Crippen LogP) is 1.46. The van der Waals surface area contributed by atoms with Gasteiger partial charge in [-0.05, 0) is 0 Å². The topological polar surface area (TPSA) is 101 Å². The maximum absolute atomic E-state index is 5.50. The summed E-state index contributed by atoms with van der Waals surface area (Å²) in [6.45, 7) is 0. The van der Waals surface area contributed by atoms with Crippen LogP contribution in [0.1, 0.15) is 11.1 Å². The molecule has 0 aliphatic rings. The molecule has 2 aromatic carbocycles. The number of hydrogen-bond donors (Lipinski definition) is 4. The van der Waals surface area contributed by atoms with Gasteiger partial charge < -0.3 is 0 Å². The Balaban J connectivity index is 2.37. The molecule has 25 heavy (non-hydrogen) atoms. The first-order chi connectivity index (χ1) is 12.1. The van der Waals surface area contributed by atoms with E-state index in [0.717, 1.165) is 20.3 Å². The standard InChI is InChI=1S/2C8H8N3S.Fe/c2*9-8(12)11-10-6-7-4-2-1-3-5-7;/h2*1-5H,(H3,9,11,12);. The average molecular weight is 412 g/mol. The zero-order chi connectivity index (χ0) is 18.1. The molecule has 2 rings (SSSR count). The van der Waals surface area contributed by atoms with Crippen molar-refractivity contribution in [3.05, 3.63) is 71.8 Å². The van der Waals surface area contributed by atoms with Crippen LogP contribution in [-0.2, 0) is 15.0 Å². The molecule has 0 spiro atoms. The van der Waals surface area contributed by atoms with E-state index in [9.17, 15) is 0 Å². The number of benzene rings is 2. The van der Waals surface area contributed by atoms with Crippen LogP contribution >= 0.6 is 24.4 Å². The maximum atomic E-state index is 5.50. The van der Waals surface area contributed by atoms with Gasteiger partial charge in [0.05, 0.1) is 0 Å². The van der Waals surface area contributed by atoms with Crippen molar-refractivity contribution in [1.29, 1.82) is 0 Å². The Labute approximate surface area is 162 Å². The third-order valence-electron chi connectivity index (χ3n) is 2.70. The Hall–Kier alpha value is -2.32. The van der Waals surface area contributed by atoms with Crippen molar-refractivity contribution in [3.8, 4) is 0 Å². The van der Waals surface area contributed by atoms with Crippen molar-refractivity contribution in [2.24, 2.45) is 21.7 Å². The Morgan fingerprint density at radius 1 is 0.720 bits per heavy atom. The molecule has 9 heteroatoms. The first-order valence-electron chi connectivity index (χ1n) is 7.05. The quantitative estimate of drug-likeness (QED) is 0.248. The number of hydrogen-bond acceptors (Lipinski definition) is 4. The van der Waals surface area contributed by atoms with Crippen LogP contribution in [0.25, 0.3) is 0 Å². The van der Waals surface area contributed by atoms with Crippen molar-refractivity contribution < 1.29 is 15.0 Å². The van der Waals surface area contributed by atoms with E-state index in [4.69, 9.17) is 35.9 Å². The van der Waals surface area contributed by atoms with E-state index in [2.05, 4.69) is 21.1 Å². The van der Waals surface area contributed by atoms with Crippen LogP contribution in [0, 0.1) is 0 Å². The van der Waals surface area contributed by atoms with Gasteiger partial charge in [-0.2, -0.15) is 0 Å². The summed E-state index contributed by atoms with van der Waals surface area (Å²) in [5.41, 5.74) is 18.1. The van der Waals surface area contributed by atoms with Crippen LogP contribution in [0.4, 0.5) is 0 Å². The van der Waals surface area contributed by atoms with Crippen LogP contribution in [0.3, 0.4) is 0 Å². The second-order valence-corrected chi connectivity index (χ2v) is 6.76. The van der Waals surface area contributed by atoms with Gasteiger partial charge in [0.2, 0.25) is 0 Å². The second kappa shape index (κ2) is 9.85. The molecule has 0 aromatic heterocycles. The molecule has 0 atom stereocenters. The van der Waals surface area contributed by atoms with Gasteiger partial charge in [0.1, 0.15) is 0 Å². The number of rotatable bonds is 6. The van der Waals surface area contributed by atoms with Crippen molar-refractivity contribution in [2.75, 3.05) is 0 Å². The molecule has 0 saturated carbocycles. The molecule has 0 radical (unpaired) electrons. The monoisotopic (exact) mass is 412 g/mol.